The van der Waals surface area contributed by atoms with Crippen molar-refractivity contribution in [3.63, 3.8) is 0 Å². The maximum Gasteiger partial charge on any atom is 0.319 e. The van der Waals surface area contributed by atoms with Gasteiger partial charge in [-0.25, -0.2) is 4.79 Å². The second-order valence-electron chi connectivity index (χ2n) is 4.52. The molecular formula is C12H12BrClN2O3. The molecule has 7 heteroatoms. The molecule has 0 unspecified atom stereocenters. The fourth-order valence-corrected chi connectivity index (χ4v) is 2.11. The van der Waals surface area contributed by atoms with Crippen molar-refractivity contribution in [2.75, 3.05) is 11.9 Å². The smallest absolute Gasteiger partial charge is 0.319 e. The number of rotatable bonds is 4. The first kappa shape index (κ1) is 14.1. The molecule has 0 spiro atoms. The highest BCUT2D eigenvalue weighted by Gasteiger charge is 2.50. The number of aliphatic carboxylic acids is 1. The number of urea groups is 1. The molecule has 1 aromatic rings. The van der Waals surface area contributed by atoms with Crippen molar-refractivity contribution in [3.05, 3.63) is 27.7 Å². The molecule has 3 N–H and O–H groups in total. The van der Waals surface area contributed by atoms with E-state index >= 15 is 0 Å². The van der Waals surface area contributed by atoms with Crippen molar-refractivity contribution in [2.24, 2.45) is 5.41 Å². The highest BCUT2D eigenvalue weighted by atomic mass is 79.9. The lowest BCUT2D eigenvalue weighted by Gasteiger charge is -2.12. The van der Waals surface area contributed by atoms with Crippen LogP contribution in [0.3, 0.4) is 0 Å². The Bertz CT molecular complexity index is 532. The third-order valence-electron chi connectivity index (χ3n) is 3.07. The molecule has 1 aliphatic rings. The zero-order valence-corrected chi connectivity index (χ0v) is 12.2. The van der Waals surface area contributed by atoms with E-state index in [4.69, 9.17) is 16.7 Å². The van der Waals surface area contributed by atoms with Crippen molar-refractivity contribution in [1.29, 1.82) is 0 Å². The normalized spacial score (nSPS) is 15.7. The van der Waals surface area contributed by atoms with Gasteiger partial charge in [0.2, 0.25) is 0 Å². The Kier molecular flexibility index (Phi) is 4.01. The number of amides is 2. The van der Waals surface area contributed by atoms with E-state index < -0.39 is 17.4 Å². The average Bonchev–Trinajstić information content (AvgIpc) is 3.13. The maximum atomic E-state index is 11.6. The minimum atomic E-state index is -0.859. The molecule has 0 atom stereocenters. The summed E-state index contributed by atoms with van der Waals surface area (Å²) < 4.78 is 0.677. The van der Waals surface area contributed by atoms with Crippen LogP contribution in [-0.4, -0.2) is 23.7 Å². The van der Waals surface area contributed by atoms with Crippen LogP contribution in [0.15, 0.2) is 22.7 Å². The molecule has 1 fully saturated rings. The molecule has 102 valence electrons. The van der Waals surface area contributed by atoms with E-state index in [0.29, 0.717) is 28.0 Å². The van der Waals surface area contributed by atoms with Gasteiger partial charge in [-0.2, -0.15) is 0 Å². The van der Waals surface area contributed by atoms with E-state index in [0.717, 1.165) is 0 Å². The van der Waals surface area contributed by atoms with Gasteiger partial charge in [-0.15, -0.1) is 0 Å². The van der Waals surface area contributed by atoms with Crippen LogP contribution in [0.1, 0.15) is 12.8 Å². The van der Waals surface area contributed by atoms with Crippen LogP contribution in [0.4, 0.5) is 10.5 Å². The van der Waals surface area contributed by atoms with Crippen LogP contribution < -0.4 is 10.6 Å². The minimum absolute atomic E-state index is 0.142. The second-order valence-corrected chi connectivity index (χ2v) is 5.78. The molecule has 19 heavy (non-hydrogen) atoms. The van der Waals surface area contributed by atoms with Crippen LogP contribution in [0.5, 0.6) is 0 Å². The highest BCUT2D eigenvalue weighted by Crippen LogP contribution is 2.45. The van der Waals surface area contributed by atoms with Crippen LogP contribution in [0, 0.1) is 5.41 Å². The van der Waals surface area contributed by atoms with E-state index in [-0.39, 0.29) is 6.54 Å². The first-order valence-corrected chi connectivity index (χ1v) is 6.83. The van der Waals surface area contributed by atoms with Crippen LogP contribution in [-0.2, 0) is 4.79 Å². The molecular weight excluding hydrogens is 335 g/mol. The van der Waals surface area contributed by atoms with Crippen molar-refractivity contribution in [2.45, 2.75) is 12.8 Å². The Labute approximate surface area is 123 Å². The summed E-state index contributed by atoms with van der Waals surface area (Å²) in [5.41, 5.74) is -0.188. The Morgan fingerprint density at radius 1 is 1.42 bits per heavy atom. The van der Waals surface area contributed by atoms with Gasteiger partial charge in [-0.3, -0.25) is 4.79 Å². The van der Waals surface area contributed by atoms with Crippen molar-refractivity contribution in [1.82, 2.24) is 5.32 Å². The van der Waals surface area contributed by atoms with Crippen molar-refractivity contribution in [3.8, 4) is 0 Å². The van der Waals surface area contributed by atoms with E-state index in [2.05, 4.69) is 26.6 Å². The minimum Gasteiger partial charge on any atom is -0.481 e. The van der Waals surface area contributed by atoms with Crippen molar-refractivity contribution < 1.29 is 14.7 Å². The van der Waals surface area contributed by atoms with E-state index in [1.54, 1.807) is 18.2 Å². The maximum absolute atomic E-state index is 11.6. The summed E-state index contributed by atoms with van der Waals surface area (Å²) >= 11 is 9.10. The highest BCUT2D eigenvalue weighted by molar-refractivity contribution is 9.10. The molecule has 0 aromatic heterocycles. The molecule has 2 amide bonds. The van der Waals surface area contributed by atoms with Crippen LogP contribution >= 0.6 is 27.5 Å². The molecule has 1 saturated carbocycles. The van der Waals surface area contributed by atoms with Gasteiger partial charge < -0.3 is 15.7 Å². The Morgan fingerprint density at radius 2 is 2.11 bits per heavy atom. The number of carboxylic acid groups (broad SMARTS) is 1. The van der Waals surface area contributed by atoms with Gasteiger partial charge >= 0.3 is 12.0 Å². The summed E-state index contributed by atoms with van der Waals surface area (Å²) in [7, 11) is 0. The first-order chi connectivity index (χ1) is 8.93. The molecule has 2 rings (SSSR count). The molecule has 0 radical (unpaired) electrons. The van der Waals surface area contributed by atoms with Gasteiger partial charge in [-0.05, 0) is 47.0 Å². The summed E-state index contributed by atoms with van der Waals surface area (Å²) in [6.07, 6.45) is 1.21. The van der Waals surface area contributed by atoms with E-state index in [9.17, 15) is 9.59 Å². The molecule has 0 heterocycles. The number of benzene rings is 1. The number of hydrogen-bond acceptors (Lipinski definition) is 2. The van der Waals surface area contributed by atoms with E-state index in [1.165, 1.54) is 0 Å². The third kappa shape index (κ3) is 3.39. The lowest BCUT2D eigenvalue weighted by molar-refractivity contribution is -0.143. The van der Waals surface area contributed by atoms with Crippen LogP contribution in [0.25, 0.3) is 0 Å². The number of carbonyl (C=O) groups excluding carboxylic acids is 1. The van der Waals surface area contributed by atoms with Gasteiger partial charge in [0.25, 0.3) is 0 Å². The molecule has 0 aliphatic heterocycles. The van der Waals surface area contributed by atoms with Gasteiger partial charge in [0.1, 0.15) is 0 Å². The van der Waals surface area contributed by atoms with Gasteiger partial charge in [0, 0.05) is 16.7 Å². The quantitative estimate of drug-likeness (QED) is 0.783. The third-order valence-corrected chi connectivity index (χ3v) is 4.29. The van der Waals surface area contributed by atoms with Crippen molar-refractivity contribution >= 4 is 45.2 Å². The zero-order chi connectivity index (χ0) is 14.0. The second kappa shape index (κ2) is 5.38. The molecule has 0 saturated heterocycles. The summed E-state index contributed by atoms with van der Waals surface area (Å²) in [6.45, 7) is 0.142. The number of nitrogens with one attached hydrogen (secondary N) is 2. The average molecular weight is 348 g/mol. The standard InChI is InChI=1S/C12H12BrClN2O3/c13-8-5-7(1-2-9(8)14)16-11(19)15-6-12(3-4-12)10(17)18/h1-2,5H,3-4,6H2,(H,17,18)(H2,15,16,19). The summed E-state index contributed by atoms with van der Waals surface area (Å²) in [5, 5.41) is 14.7. The fraction of sp³-hybridized carbons (Fsp3) is 0.333. The number of carboxylic acids is 1. The Balaban J connectivity index is 1.88. The number of hydrogen-bond donors (Lipinski definition) is 3. The molecule has 1 aromatic carbocycles. The summed E-state index contributed by atoms with van der Waals surface area (Å²) in [5.74, 6) is -0.859. The fourth-order valence-electron chi connectivity index (χ4n) is 1.62. The Morgan fingerprint density at radius 3 is 2.63 bits per heavy atom. The zero-order valence-electron chi connectivity index (χ0n) is 9.87. The molecule has 1 aliphatic carbocycles. The lowest BCUT2D eigenvalue weighted by atomic mass is 10.1. The molecule has 0 bridgehead atoms. The molecule has 5 nitrogen and oxygen atoms in total. The Hall–Kier alpha value is -1.27. The first-order valence-electron chi connectivity index (χ1n) is 5.66. The monoisotopic (exact) mass is 346 g/mol. The SMILES string of the molecule is O=C(NCC1(C(=O)O)CC1)Nc1ccc(Cl)c(Br)c1. The largest absolute Gasteiger partial charge is 0.481 e. The van der Waals surface area contributed by atoms with Gasteiger partial charge in [0.05, 0.1) is 10.4 Å². The number of anilines is 1. The predicted molar refractivity (Wildman–Crippen MR) is 75.5 cm³/mol. The number of carbonyl (C=O) groups is 2. The topological polar surface area (TPSA) is 78.4 Å². The number of halogens is 2. The van der Waals surface area contributed by atoms with Crippen LogP contribution in [0.2, 0.25) is 5.02 Å². The summed E-state index contributed by atoms with van der Waals surface area (Å²) in [6, 6.07) is 4.56. The van der Waals surface area contributed by atoms with Gasteiger partial charge in [0.15, 0.2) is 0 Å². The lowest BCUT2D eigenvalue weighted by Crippen LogP contribution is -2.36. The predicted octanol–water partition coefficient (Wildman–Crippen LogP) is 3.09. The summed E-state index contributed by atoms with van der Waals surface area (Å²) in [4.78, 5) is 22.6. The van der Waals surface area contributed by atoms with E-state index in [1.807, 2.05) is 0 Å². The van der Waals surface area contributed by atoms with Gasteiger partial charge in [-0.1, -0.05) is 11.6 Å².